The van der Waals surface area contributed by atoms with Crippen molar-refractivity contribution in [1.29, 1.82) is 0 Å². The van der Waals surface area contributed by atoms with E-state index in [0.717, 1.165) is 0 Å². The van der Waals surface area contributed by atoms with E-state index in [-0.39, 0.29) is 18.9 Å². The Kier molecular flexibility index (Phi) is 10.1. The summed E-state index contributed by atoms with van der Waals surface area (Å²) in [4.78, 5) is 27.9. The van der Waals surface area contributed by atoms with E-state index in [1.807, 2.05) is 0 Å². The number of hydrogen-bond acceptors (Lipinski definition) is 2. The van der Waals surface area contributed by atoms with Gasteiger partial charge in [-0.2, -0.15) is 0 Å². The van der Waals surface area contributed by atoms with Gasteiger partial charge in [-0.25, -0.2) is 9.13 Å². The van der Waals surface area contributed by atoms with Crippen LogP contribution in [0.15, 0.2) is 0 Å². The van der Waals surface area contributed by atoms with Crippen LogP contribution in [-0.2, 0) is 9.13 Å². The fourth-order valence-electron chi connectivity index (χ4n) is 0. The van der Waals surface area contributed by atoms with E-state index in [1.54, 1.807) is 0 Å². The van der Waals surface area contributed by atoms with Crippen LogP contribution in [0.5, 0.6) is 0 Å². The molecule has 0 spiro atoms. The summed E-state index contributed by atoms with van der Waals surface area (Å²) in [6.45, 7) is 0. The van der Waals surface area contributed by atoms with Crippen molar-refractivity contribution < 1.29 is 37.1 Å². The zero-order chi connectivity index (χ0) is 9.00. The van der Waals surface area contributed by atoms with Crippen LogP contribution in [0.3, 0.4) is 0 Å². The first-order valence-corrected chi connectivity index (χ1v) is 4.51. The van der Waals surface area contributed by atoms with Gasteiger partial charge in [0.2, 0.25) is 0 Å². The Hall–Kier alpha value is 0.757. The Morgan fingerprint density at radius 1 is 0.818 bits per heavy atom. The molecule has 11 heteroatoms. The summed E-state index contributed by atoms with van der Waals surface area (Å²) in [6, 6.07) is 0. The summed E-state index contributed by atoms with van der Waals surface area (Å²) in [7, 11) is -10.3. The maximum atomic E-state index is 10.4. The predicted octanol–water partition coefficient (Wildman–Crippen LogP) is -0.284. The molecule has 11 heavy (non-hydrogen) atoms. The van der Waals surface area contributed by atoms with E-state index in [9.17, 15) is 8.39 Å². The zero-order valence-corrected chi connectivity index (χ0v) is 7.04. The Bertz CT molecular complexity index is 131. The van der Waals surface area contributed by atoms with E-state index < -0.39 is 15.8 Å². The summed E-state index contributed by atoms with van der Waals surface area (Å²) in [5.74, 6) is 0. The minimum Gasteiger partial charge on any atom is -0.299 e. The van der Waals surface area contributed by atoms with Crippen LogP contribution >= 0.6 is 15.8 Å². The zero-order valence-electron chi connectivity index (χ0n) is 5.26. The third-order valence-corrected chi connectivity index (χ3v) is 0. The first kappa shape index (κ1) is 17.7. The van der Waals surface area contributed by atoms with Crippen molar-refractivity contribution in [1.82, 2.24) is 0 Å². The molecule has 0 unspecified atom stereocenters. The maximum absolute atomic E-state index is 10.4. The molecule has 0 amide bonds. The molecule has 0 aliphatic heterocycles. The van der Waals surface area contributed by atoms with Gasteiger partial charge >= 0.3 is 15.8 Å². The molecule has 1 radical (unpaired) electrons. The molecule has 0 aromatic carbocycles. The van der Waals surface area contributed by atoms with E-state index in [0.29, 0.717) is 0 Å². The number of rotatable bonds is 0. The van der Waals surface area contributed by atoms with Gasteiger partial charge in [0.1, 0.15) is 0 Å². The molecule has 0 fully saturated rings. The van der Waals surface area contributed by atoms with Crippen LogP contribution in [0, 0.1) is 0 Å². The van der Waals surface area contributed by atoms with Gasteiger partial charge in [-0.1, -0.05) is 0 Å². The predicted molar refractivity (Wildman–Crippen MR) is 32.1 cm³/mol. The van der Waals surface area contributed by atoms with Crippen molar-refractivity contribution in [2.75, 3.05) is 0 Å². The average molecular weight is 207 g/mol. The van der Waals surface area contributed by atoms with Gasteiger partial charge in [0.15, 0.2) is 0 Å². The Labute approximate surface area is 72.4 Å². The van der Waals surface area contributed by atoms with Gasteiger partial charge in [-0.05, 0) is 0 Å². The molecule has 0 aliphatic rings. The van der Waals surface area contributed by atoms with Crippen molar-refractivity contribution in [3.05, 3.63) is 0 Å². The van der Waals surface area contributed by atoms with E-state index in [1.165, 1.54) is 0 Å². The standard InChI is InChI=1S/2FH2O3P.Li/c2*1-5(2,3)4;/h2*(H2,2,3,4);. The third-order valence-electron chi connectivity index (χ3n) is 0. The molecule has 0 aromatic heterocycles. The minimum absolute atomic E-state index is 0. The van der Waals surface area contributed by atoms with Crippen molar-refractivity contribution in [2.24, 2.45) is 0 Å². The van der Waals surface area contributed by atoms with Gasteiger partial charge in [0, 0.05) is 18.9 Å². The van der Waals surface area contributed by atoms with Crippen LogP contribution in [-0.4, -0.2) is 38.4 Å². The van der Waals surface area contributed by atoms with Crippen LogP contribution < -0.4 is 0 Å². The molecule has 0 saturated carbocycles. The van der Waals surface area contributed by atoms with Gasteiger partial charge in [0.25, 0.3) is 0 Å². The summed E-state index contributed by atoms with van der Waals surface area (Å²) >= 11 is 0. The van der Waals surface area contributed by atoms with Crippen molar-refractivity contribution in [3.63, 3.8) is 0 Å². The topological polar surface area (TPSA) is 115 Å². The van der Waals surface area contributed by atoms with E-state index in [2.05, 4.69) is 0 Å². The molecule has 0 aliphatic carbocycles. The van der Waals surface area contributed by atoms with Crippen LogP contribution in [0.1, 0.15) is 0 Å². The van der Waals surface area contributed by atoms with Crippen molar-refractivity contribution in [2.45, 2.75) is 0 Å². The second kappa shape index (κ2) is 6.29. The van der Waals surface area contributed by atoms with Gasteiger partial charge in [-0.3, -0.25) is 19.6 Å². The summed E-state index contributed by atoms with van der Waals surface area (Å²) in [6.07, 6.45) is 0. The second-order valence-electron chi connectivity index (χ2n) is 0.946. The van der Waals surface area contributed by atoms with Crippen LogP contribution in [0.25, 0.3) is 0 Å². The molecule has 0 bridgehead atoms. The summed E-state index contributed by atoms with van der Waals surface area (Å²) in [5.41, 5.74) is 0. The largest absolute Gasteiger partial charge is 0.507 e. The minimum atomic E-state index is -5.14. The summed E-state index contributed by atoms with van der Waals surface area (Å²) in [5, 5.41) is 0. The molecule has 0 atom stereocenters. The van der Waals surface area contributed by atoms with Gasteiger partial charge in [0.05, 0.1) is 0 Å². The molecule has 4 N–H and O–H groups in total. The monoisotopic (exact) mass is 207 g/mol. The number of halogens is 2. The molecule has 0 heterocycles. The maximum Gasteiger partial charge on any atom is 0.507 e. The van der Waals surface area contributed by atoms with Crippen molar-refractivity contribution in [3.8, 4) is 0 Å². The molecule has 65 valence electrons. The average Bonchev–Trinajstić information content (AvgIpc) is 1.12. The van der Waals surface area contributed by atoms with E-state index in [4.69, 9.17) is 28.7 Å². The van der Waals surface area contributed by atoms with Gasteiger partial charge < -0.3 is 0 Å². The molecule has 0 saturated heterocycles. The third kappa shape index (κ3) is 1440. The SMILES string of the molecule is O=P(O)(O)F.O=P(O)(O)F.[Li]. The van der Waals surface area contributed by atoms with E-state index >= 15 is 0 Å². The first-order valence-electron chi connectivity index (χ1n) is 1.50. The first-order chi connectivity index (χ1) is 4.00. The number of hydrogen-bond donors (Lipinski definition) is 4. The van der Waals surface area contributed by atoms with Gasteiger partial charge in [-0.15, -0.1) is 8.39 Å². The molecule has 0 aromatic rings. The Balaban J connectivity index is -0.000000107. The molecule has 6 nitrogen and oxygen atoms in total. The normalized spacial score (nSPS) is 10.7. The summed E-state index contributed by atoms with van der Waals surface area (Å²) < 4.78 is 38.0. The Morgan fingerprint density at radius 3 is 0.818 bits per heavy atom. The Morgan fingerprint density at radius 2 is 0.818 bits per heavy atom. The van der Waals surface area contributed by atoms with Crippen LogP contribution in [0.4, 0.5) is 8.39 Å². The van der Waals surface area contributed by atoms with Crippen molar-refractivity contribution >= 4 is 34.7 Å². The van der Waals surface area contributed by atoms with Crippen LogP contribution in [0.2, 0.25) is 0 Å². The molecular formula is H4F2LiO6P2. The quantitative estimate of drug-likeness (QED) is 0.320. The molecular weight excluding hydrogens is 203 g/mol. The second-order valence-corrected chi connectivity index (χ2v) is 2.84. The fourth-order valence-corrected chi connectivity index (χ4v) is 0. The fraction of sp³-hybridized carbons (Fsp3) is 0. The smallest absolute Gasteiger partial charge is 0.299 e. The molecule has 0 rings (SSSR count).